The van der Waals surface area contributed by atoms with Gasteiger partial charge >= 0.3 is 0 Å². The number of hydrogen-bond acceptors (Lipinski definition) is 6. The molecule has 1 aliphatic heterocycles. The quantitative estimate of drug-likeness (QED) is 0.676. The predicted octanol–water partition coefficient (Wildman–Crippen LogP) is 2.26. The van der Waals surface area contributed by atoms with Gasteiger partial charge in [-0.3, -0.25) is 14.6 Å². The monoisotopic (exact) mass is 424 g/mol. The second-order valence-electron chi connectivity index (χ2n) is 6.93. The lowest BCUT2D eigenvalue weighted by atomic mass is 10.2. The van der Waals surface area contributed by atoms with E-state index in [2.05, 4.69) is 25.2 Å². The van der Waals surface area contributed by atoms with E-state index in [0.29, 0.717) is 16.5 Å². The number of nitrogens with one attached hydrogen (secondary N) is 1. The molecule has 3 heterocycles. The molecule has 1 N–H and O–H groups in total. The minimum absolute atomic E-state index is 0.163. The van der Waals surface area contributed by atoms with Gasteiger partial charge in [0.25, 0.3) is 5.56 Å². The van der Waals surface area contributed by atoms with Crippen LogP contribution in [0.15, 0.2) is 65.7 Å². The fourth-order valence-electron chi connectivity index (χ4n) is 3.36. The van der Waals surface area contributed by atoms with E-state index in [0.717, 1.165) is 31.9 Å². The molecule has 8 nitrogen and oxygen atoms in total. The van der Waals surface area contributed by atoms with Crippen molar-refractivity contribution in [1.82, 2.24) is 14.8 Å². The van der Waals surface area contributed by atoms with Gasteiger partial charge in [0, 0.05) is 49.2 Å². The van der Waals surface area contributed by atoms with Crippen molar-refractivity contribution in [3.8, 4) is 0 Å². The summed E-state index contributed by atoms with van der Waals surface area (Å²) < 4.78 is 1.18. The maximum atomic E-state index is 12.3. The van der Waals surface area contributed by atoms with Gasteiger partial charge in [0.1, 0.15) is 12.4 Å². The molecule has 0 aliphatic carbocycles. The second kappa shape index (κ2) is 8.96. The van der Waals surface area contributed by atoms with Crippen LogP contribution in [0.1, 0.15) is 0 Å². The van der Waals surface area contributed by atoms with Crippen molar-refractivity contribution < 1.29 is 4.79 Å². The van der Waals surface area contributed by atoms with Crippen LogP contribution in [0.25, 0.3) is 0 Å². The third kappa shape index (κ3) is 4.77. The summed E-state index contributed by atoms with van der Waals surface area (Å²) in [4.78, 5) is 32.8. The van der Waals surface area contributed by atoms with Crippen molar-refractivity contribution in [2.24, 2.45) is 0 Å². The van der Waals surface area contributed by atoms with E-state index in [-0.39, 0.29) is 18.0 Å². The van der Waals surface area contributed by atoms with Gasteiger partial charge in [0.05, 0.1) is 11.9 Å². The zero-order valence-corrected chi connectivity index (χ0v) is 17.0. The Morgan fingerprint density at radius 1 is 1.03 bits per heavy atom. The van der Waals surface area contributed by atoms with E-state index in [1.165, 1.54) is 10.7 Å². The summed E-state index contributed by atoms with van der Waals surface area (Å²) in [6, 6.07) is 14.4. The van der Waals surface area contributed by atoms with E-state index in [1.54, 1.807) is 30.6 Å². The lowest BCUT2D eigenvalue weighted by Crippen LogP contribution is -2.47. The van der Waals surface area contributed by atoms with Crippen LogP contribution in [-0.2, 0) is 11.3 Å². The van der Waals surface area contributed by atoms with Gasteiger partial charge in [-0.05, 0) is 36.4 Å². The standard InChI is InChI=1S/C21H21ClN6O2/c22-16-3-1-5-18(13-16)26-9-11-27(12-10-26)19-6-7-21(30)28(25-19)15-20(29)24-17-4-2-8-23-14-17/h1-8,13-14H,9-12,15H2,(H,24,29). The van der Waals surface area contributed by atoms with Gasteiger partial charge in [0.15, 0.2) is 0 Å². The van der Waals surface area contributed by atoms with E-state index in [1.807, 2.05) is 24.3 Å². The third-order valence-corrected chi connectivity index (χ3v) is 5.10. The van der Waals surface area contributed by atoms with E-state index in [9.17, 15) is 9.59 Å². The molecule has 0 saturated carbocycles. The Kier molecular flexibility index (Phi) is 5.94. The number of nitrogens with zero attached hydrogens (tertiary/aromatic N) is 5. The minimum atomic E-state index is -0.333. The fourth-order valence-corrected chi connectivity index (χ4v) is 3.54. The van der Waals surface area contributed by atoms with Crippen LogP contribution < -0.4 is 20.7 Å². The molecule has 4 rings (SSSR count). The molecule has 0 atom stereocenters. The van der Waals surface area contributed by atoms with Crippen LogP contribution in [0, 0.1) is 0 Å². The summed E-state index contributed by atoms with van der Waals surface area (Å²) in [5, 5.41) is 7.83. The average molecular weight is 425 g/mol. The Morgan fingerprint density at radius 3 is 2.57 bits per heavy atom. The minimum Gasteiger partial charge on any atom is -0.368 e. The van der Waals surface area contributed by atoms with Crippen molar-refractivity contribution in [3.63, 3.8) is 0 Å². The van der Waals surface area contributed by atoms with Crippen molar-refractivity contribution in [2.45, 2.75) is 6.54 Å². The first-order chi connectivity index (χ1) is 14.6. The van der Waals surface area contributed by atoms with Gasteiger partial charge in [-0.15, -0.1) is 0 Å². The first kappa shape index (κ1) is 19.9. The zero-order valence-electron chi connectivity index (χ0n) is 16.2. The number of hydrogen-bond donors (Lipinski definition) is 1. The highest BCUT2D eigenvalue weighted by Gasteiger charge is 2.19. The largest absolute Gasteiger partial charge is 0.368 e. The maximum Gasteiger partial charge on any atom is 0.267 e. The molecule has 1 aromatic carbocycles. The Bertz CT molecular complexity index is 1080. The van der Waals surface area contributed by atoms with Crippen LogP contribution in [-0.4, -0.2) is 46.9 Å². The smallest absolute Gasteiger partial charge is 0.267 e. The summed E-state index contributed by atoms with van der Waals surface area (Å²) in [7, 11) is 0. The molecule has 0 unspecified atom stereocenters. The first-order valence-electron chi connectivity index (χ1n) is 9.62. The summed E-state index contributed by atoms with van der Waals surface area (Å²) in [5.41, 5.74) is 1.34. The summed E-state index contributed by atoms with van der Waals surface area (Å²) in [6.07, 6.45) is 3.17. The maximum absolute atomic E-state index is 12.3. The van der Waals surface area contributed by atoms with Gasteiger partial charge in [0.2, 0.25) is 5.91 Å². The molecule has 30 heavy (non-hydrogen) atoms. The number of carbonyl (C=O) groups excluding carboxylic acids is 1. The molecule has 0 bridgehead atoms. The Hall–Kier alpha value is -3.39. The summed E-state index contributed by atoms with van der Waals surface area (Å²) in [6.45, 7) is 2.95. The molecule has 0 radical (unpaired) electrons. The molecule has 1 saturated heterocycles. The average Bonchev–Trinajstić information content (AvgIpc) is 2.76. The lowest BCUT2D eigenvalue weighted by Gasteiger charge is -2.36. The lowest BCUT2D eigenvalue weighted by molar-refractivity contribution is -0.117. The number of halogens is 1. The van der Waals surface area contributed by atoms with E-state index >= 15 is 0 Å². The topological polar surface area (TPSA) is 83.4 Å². The summed E-state index contributed by atoms with van der Waals surface area (Å²) >= 11 is 6.10. The number of amides is 1. The second-order valence-corrected chi connectivity index (χ2v) is 7.37. The highest BCUT2D eigenvalue weighted by atomic mass is 35.5. The number of pyridine rings is 1. The molecule has 1 amide bonds. The molecule has 1 fully saturated rings. The highest BCUT2D eigenvalue weighted by Crippen LogP contribution is 2.22. The van der Waals surface area contributed by atoms with Crippen molar-refractivity contribution >= 4 is 34.7 Å². The van der Waals surface area contributed by atoms with Crippen LogP contribution in [0.4, 0.5) is 17.2 Å². The van der Waals surface area contributed by atoms with Crippen LogP contribution in [0.5, 0.6) is 0 Å². The van der Waals surface area contributed by atoms with E-state index < -0.39 is 0 Å². The van der Waals surface area contributed by atoms with Crippen LogP contribution >= 0.6 is 11.6 Å². The van der Waals surface area contributed by atoms with Gasteiger partial charge < -0.3 is 15.1 Å². The predicted molar refractivity (Wildman–Crippen MR) is 117 cm³/mol. The molecular weight excluding hydrogens is 404 g/mol. The third-order valence-electron chi connectivity index (χ3n) is 4.87. The van der Waals surface area contributed by atoms with Crippen LogP contribution in [0.3, 0.4) is 0 Å². The number of rotatable bonds is 5. The highest BCUT2D eigenvalue weighted by molar-refractivity contribution is 6.30. The number of carbonyl (C=O) groups is 1. The molecule has 0 spiro atoms. The number of piperazine rings is 1. The molecule has 9 heteroatoms. The Balaban J connectivity index is 1.41. The van der Waals surface area contributed by atoms with Crippen molar-refractivity contribution in [3.05, 3.63) is 76.3 Å². The molecule has 3 aromatic rings. The normalized spacial score (nSPS) is 13.9. The summed E-state index contributed by atoms with van der Waals surface area (Å²) in [5.74, 6) is 0.343. The van der Waals surface area contributed by atoms with Gasteiger partial charge in [-0.25, -0.2) is 4.68 Å². The number of aromatic nitrogens is 3. The van der Waals surface area contributed by atoms with Crippen molar-refractivity contribution in [1.29, 1.82) is 0 Å². The van der Waals surface area contributed by atoms with Crippen molar-refractivity contribution in [2.75, 3.05) is 41.3 Å². The Morgan fingerprint density at radius 2 is 1.83 bits per heavy atom. The van der Waals surface area contributed by atoms with Crippen LogP contribution in [0.2, 0.25) is 5.02 Å². The number of benzene rings is 1. The molecule has 1 aliphatic rings. The molecule has 154 valence electrons. The van der Waals surface area contributed by atoms with E-state index in [4.69, 9.17) is 11.6 Å². The molecular formula is C21H21ClN6O2. The van der Waals surface area contributed by atoms with Gasteiger partial charge in [-0.2, -0.15) is 5.10 Å². The fraction of sp³-hybridized carbons (Fsp3) is 0.238. The molecule has 2 aromatic heterocycles. The first-order valence-corrected chi connectivity index (χ1v) is 10.00. The Labute approximate surface area is 178 Å². The zero-order chi connectivity index (χ0) is 20.9. The SMILES string of the molecule is O=C(Cn1nc(N2CCN(c3cccc(Cl)c3)CC2)ccc1=O)Nc1cccnc1. The number of anilines is 3. The van der Waals surface area contributed by atoms with Gasteiger partial charge in [-0.1, -0.05) is 17.7 Å².